The van der Waals surface area contributed by atoms with Crippen LogP contribution >= 0.6 is 11.3 Å². The summed E-state index contributed by atoms with van der Waals surface area (Å²) in [5, 5.41) is 11.2. The quantitative estimate of drug-likeness (QED) is 0.926. The van der Waals surface area contributed by atoms with Crippen LogP contribution in [-0.4, -0.2) is 35.0 Å². The third-order valence-corrected chi connectivity index (χ3v) is 4.89. The molecule has 104 valence electrons. The molecule has 2 rings (SSSR count). The summed E-state index contributed by atoms with van der Waals surface area (Å²) in [7, 11) is 0. The molecule has 1 aromatic rings. The third kappa shape index (κ3) is 2.66. The highest BCUT2D eigenvalue weighted by Gasteiger charge is 2.41. The minimum atomic E-state index is -0.795. The molecule has 0 radical (unpaired) electrons. The number of hydrogen-bond donors (Lipinski definition) is 1. The molecule has 1 aliphatic rings. The standard InChI is InChI=1S/C14H19NO3S/c1-8(2)10-6-15(7-11(10)14(17)18)13(16)12-9(3)4-5-19-12/h4-5,8,10-11H,6-7H2,1-3H3,(H,17,18)/t10-,11+/m1/s1. The predicted molar refractivity (Wildman–Crippen MR) is 74.4 cm³/mol. The first-order valence-corrected chi connectivity index (χ1v) is 7.36. The molecule has 0 aromatic carbocycles. The number of amides is 1. The summed E-state index contributed by atoms with van der Waals surface area (Å²) in [4.78, 5) is 26.1. The molecule has 5 heteroatoms. The van der Waals surface area contributed by atoms with E-state index in [1.165, 1.54) is 11.3 Å². The number of aryl methyl sites for hydroxylation is 1. The first kappa shape index (κ1) is 14.1. The molecule has 1 fully saturated rings. The van der Waals surface area contributed by atoms with E-state index >= 15 is 0 Å². The molecule has 2 heterocycles. The van der Waals surface area contributed by atoms with Gasteiger partial charge >= 0.3 is 5.97 Å². The Labute approximate surface area is 117 Å². The molecule has 0 saturated carbocycles. The summed E-state index contributed by atoms with van der Waals surface area (Å²) in [6.45, 7) is 6.82. The molecule has 0 unspecified atom stereocenters. The minimum Gasteiger partial charge on any atom is -0.481 e. The lowest BCUT2D eigenvalue weighted by atomic mass is 9.86. The van der Waals surface area contributed by atoms with Crippen LogP contribution < -0.4 is 0 Å². The van der Waals surface area contributed by atoms with Gasteiger partial charge < -0.3 is 10.0 Å². The van der Waals surface area contributed by atoms with Crippen LogP contribution in [0.15, 0.2) is 11.4 Å². The zero-order valence-electron chi connectivity index (χ0n) is 11.4. The van der Waals surface area contributed by atoms with E-state index < -0.39 is 11.9 Å². The Morgan fingerprint density at radius 2 is 2.11 bits per heavy atom. The van der Waals surface area contributed by atoms with Crippen LogP contribution in [0, 0.1) is 24.7 Å². The maximum Gasteiger partial charge on any atom is 0.308 e. The van der Waals surface area contributed by atoms with Gasteiger partial charge in [0.15, 0.2) is 0 Å². The van der Waals surface area contributed by atoms with E-state index in [4.69, 9.17) is 0 Å². The average molecular weight is 281 g/mol. The van der Waals surface area contributed by atoms with Gasteiger partial charge in [-0.25, -0.2) is 0 Å². The van der Waals surface area contributed by atoms with Crippen LogP contribution in [0.1, 0.15) is 29.1 Å². The maximum atomic E-state index is 12.4. The van der Waals surface area contributed by atoms with Crippen LogP contribution in [0.2, 0.25) is 0 Å². The van der Waals surface area contributed by atoms with E-state index in [1.54, 1.807) is 4.90 Å². The van der Waals surface area contributed by atoms with Crippen molar-refractivity contribution in [3.05, 3.63) is 21.9 Å². The van der Waals surface area contributed by atoms with Crippen molar-refractivity contribution in [2.24, 2.45) is 17.8 Å². The lowest BCUT2D eigenvalue weighted by Gasteiger charge is -2.18. The van der Waals surface area contributed by atoms with E-state index in [2.05, 4.69) is 0 Å². The van der Waals surface area contributed by atoms with Gasteiger partial charge in [-0.15, -0.1) is 11.3 Å². The van der Waals surface area contributed by atoms with Gasteiger partial charge in [-0.05, 0) is 35.8 Å². The number of hydrogen-bond acceptors (Lipinski definition) is 3. The number of likely N-dealkylation sites (tertiary alicyclic amines) is 1. The number of carbonyl (C=O) groups is 2. The Bertz CT molecular complexity index is 495. The van der Waals surface area contributed by atoms with Crippen LogP contribution in [0.4, 0.5) is 0 Å². The van der Waals surface area contributed by atoms with Crippen molar-refractivity contribution in [2.75, 3.05) is 13.1 Å². The minimum absolute atomic E-state index is 0.0260. The molecular weight excluding hydrogens is 262 g/mol. The van der Waals surface area contributed by atoms with Crippen molar-refractivity contribution in [3.63, 3.8) is 0 Å². The molecule has 0 spiro atoms. The van der Waals surface area contributed by atoms with Crippen molar-refractivity contribution in [2.45, 2.75) is 20.8 Å². The molecule has 4 nitrogen and oxygen atoms in total. The molecule has 1 amide bonds. The summed E-state index contributed by atoms with van der Waals surface area (Å²) in [6.07, 6.45) is 0. The fourth-order valence-electron chi connectivity index (χ4n) is 2.67. The van der Waals surface area contributed by atoms with Crippen LogP contribution in [-0.2, 0) is 4.79 Å². The van der Waals surface area contributed by atoms with Crippen molar-refractivity contribution in [3.8, 4) is 0 Å². The summed E-state index contributed by atoms with van der Waals surface area (Å²) >= 11 is 1.43. The van der Waals surface area contributed by atoms with Gasteiger partial charge in [0.2, 0.25) is 0 Å². The fraction of sp³-hybridized carbons (Fsp3) is 0.571. The lowest BCUT2D eigenvalue weighted by Crippen LogP contribution is -2.29. The Kier molecular flexibility index (Phi) is 3.94. The van der Waals surface area contributed by atoms with Gasteiger partial charge in [-0.1, -0.05) is 13.8 Å². The molecule has 0 aliphatic carbocycles. The lowest BCUT2D eigenvalue weighted by molar-refractivity contribution is -0.142. The topological polar surface area (TPSA) is 57.6 Å². The van der Waals surface area contributed by atoms with Crippen molar-refractivity contribution in [1.29, 1.82) is 0 Å². The largest absolute Gasteiger partial charge is 0.481 e. The zero-order chi connectivity index (χ0) is 14.2. The highest BCUT2D eigenvalue weighted by molar-refractivity contribution is 7.12. The van der Waals surface area contributed by atoms with E-state index in [9.17, 15) is 14.7 Å². The summed E-state index contributed by atoms with van der Waals surface area (Å²) in [5.74, 6) is -0.951. The first-order valence-electron chi connectivity index (χ1n) is 6.48. The van der Waals surface area contributed by atoms with Crippen LogP contribution in [0.3, 0.4) is 0 Å². The number of aliphatic carboxylic acids is 1. The Hall–Kier alpha value is -1.36. The molecule has 1 saturated heterocycles. The van der Waals surface area contributed by atoms with Crippen LogP contribution in [0.25, 0.3) is 0 Å². The molecule has 2 atom stereocenters. The van der Waals surface area contributed by atoms with Gasteiger partial charge in [0, 0.05) is 13.1 Å². The monoisotopic (exact) mass is 281 g/mol. The first-order chi connectivity index (χ1) is 8.91. The second-order valence-corrected chi connectivity index (χ2v) is 6.41. The number of carboxylic acid groups (broad SMARTS) is 1. The number of nitrogens with zero attached hydrogens (tertiary/aromatic N) is 1. The van der Waals surface area contributed by atoms with Crippen molar-refractivity contribution >= 4 is 23.2 Å². The summed E-state index contributed by atoms with van der Waals surface area (Å²) in [6, 6.07) is 1.92. The smallest absolute Gasteiger partial charge is 0.308 e. The van der Waals surface area contributed by atoms with E-state index in [-0.39, 0.29) is 17.7 Å². The number of carboxylic acids is 1. The van der Waals surface area contributed by atoms with Gasteiger partial charge in [-0.2, -0.15) is 0 Å². The Morgan fingerprint density at radius 1 is 1.42 bits per heavy atom. The van der Waals surface area contributed by atoms with Crippen LogP contribution in [0.5, 0.6) is 0 Å². The molecule has 1 aromatic heterocycles. The maximum absolute atomic E-state index is 12.4. The second kappa shape index (κ2) is 5.33. The third-order valence-electron chi connectivity index (χ3n) is 3.88. The number of carbonyl (C=O) groups excluding carboxylic acids is 1. The molecule has 0 bridgehead atoms. The Morgan fingerprint density at radius 3 is 2.53 bits per heavy atom. The van der Waals surface area contributed by atoms with Gasteiger partial charge in [-0.3, -0.25) is 9.59 Å². The van der Waals surface area contributed by atoms with E-state index in [1.807, 2.05) is 32.2 Å². The van der Waals surface area contributed by atoms with Gasteiger partial charge in [0.05, 0.1) is 10.8 Å². The van der Waals surface area contributed by atoms with Crippen molar-refractivity contribution < 1.29 is 14.7 Å². The summed E-state index contributed by atoms with van der Waals surface area (Å²) in [5.41, 5.74) is 0.967. The zero-order valence-corrected chi connectivity index (χ0v) is 12.2. The van der Waals surface area contributed by atoms with Crippen molar-refractivity contribution in [1.82, 2.24) is 4.90 Å². The number of rotatable bonds is 3. The SMILES string of the molecule is Cc1ccsc1C(=O)N1C[C@H](C(=O)O)[C@@H](C(C)C)C1. The van der Waals surface area contributed by atoms with Gasteiger partial charge in [0.1, 0.15) is 0 Å². The molecule has 1 aliphatic heterocycles. The number of thiophene rings is 1. The summed E-state index contributed by atoms with van der Waals surface area (Å²) < 4.78 is 0. The second-order valence-electron chi connectivity index (χ2n) is 5.50. The fourth-order valence-corrected chi connectivity index (χ4v) is 3.56. The van der Waals surface area contributed by atoms with Gasteiger partial charge in [0.25, 0.3) is 5.91 Å². The Balaban J connectivity index is 2.18. The van der Waals surface area contributed by atoms with E-state index in [0.29, 0.717) is 13.1 Å². The molecule has 1 N–H and O–H groups in total. The highest BCUT2D eigenvalue weighted by Crippen LogP contribution is 2.31. The average Bonchev–Trinajstić information content (AvgIpc) is 2.93. The highest BCUT2D eigenvalue weighted by atomic mass is 32.1. The molecule has 19 heavy (non-hydrogen) atoms. The molecular formula is C14H19NO3S. The normalized spacial score (nSPS) is 23.1. The predicted octanol–water partition coefficient (Wildman–Crippen LogP) is 2.49. The van der Waals surface area contributed by atoms with E-state index in [0.717, 1.165) is 10.4 Å².